The summed E-state index contributed by atoms with van der Waals surface area (Å²) in [6.45, 7) is 27.3. The van der Waals surface area contributed by atoms with E-state index >= 15 is 0 Å². The number of benzene rings is 1. The van der Waals surface area contributed by atoms with Gasteiger partial charge in [-0.25, -0.2) is 0 Å². The van der Waals surface area contributed by atoms with Crippen LogP contribution in [0.2, 0.25) is 0 Å². The van der Waals surface area contributed by atoms with Crippen molar-refractivity contribution < 1.29 is 0 Å². The van der Waals surface area contributed by atoms with E-state index in [2.05, 4.69) is 86.3 Å². The van der Waals surface area contributed by atoms with E-state index < -0.39 is 0 Å². The molecule has 0 radical (unpaired) electrons. The first-order chi connectivity index (χ1) is 16.5. The molecule has 1 aromatic rings. The molecule has 0 N–H and O–H groups in total. The molecular weight excluding hydrogens is 422 g/mol. The Hall–Kier alpha value is -0.820. The van der Waals surface area contributed by atoms with Gasteiger partial charge in [0.1, 0.15) is 0 Å². The van der Waals surface area contributed by atoms with E-state index in [1.165, 1.54) is 58.0 Å². The molecule has 1 saturated carbocycles. The first-order valence-corrected chi connectivity index (χ1v) is 15.4. The lowest BCUT2D eigenvalue weighted by atomic mass is 9.56. The van der Waals surface area contributed by atoms with E-state index in [0.29, 0.717) is 16.9 Å². The molecule has 1 heterocycles. The van der Waals surface area contributed by atoms with E-state index in [0.717, 1.165) is 36.5 Å². The molecule has 1 nitrogen and oxygen atoms in total. The molecule has 1 saturated heterocycles. The fourth-order valence-corrected chi connectivity index (χ4v) is 7.84. The summed E-state index contributed by atoms with van der Waals surface area (Å²) in [5, 5.41) is 0. The van der Waals surface area contributed by atoms with Crippen LogP contribution in [0.4, 0.5) is 0 Å². The second kappa shape index (κ2) is 11.7. The van der Waals surface area contributed by atoms with Crippen molar-refractivity contribution in [2.45, 2.75) is 138 Å². The molecule has 2 fully saturated rings. The minimum atomic E-state index is 0.309. The van der Waals surface area contributed by atoms with Gasteiger partial charge in [-0.3, -0.25) is 0 Å². The van der Waals surface area contributed by atoms with Crippen molar-refractivity contribution in [3.63, 3.8) is 0 Å². The summed E-state index contributed by atoms with van der Waals surface area (Å²) in [7, 11) is 0. The normalized spacial score (nSPS) is 27.7. The Labute approximate surface area is 219 Å². The number of rotatable bonds is 11. The summed E-state index contributed by atoms with van der Waals surface area (Å²) in [6.07, 6.45) is 11.9. The second-order valence-corrected chi connectivity index (χ2v) is 13.6. The topological polar surface area (TPSA) is 3.24 Å². The van der Waals surface area contributed by atoms with E-state index in [1.54, 1.807) is 22.3 Å². The average molecular weight is 482 g/mol. The molecular formula is C34H59N. The Morgan fingerprint density at radius 2 is 1.66 bits per heavy atom. The number of nitrogens with zero attached hydrogens (tertiary/aromatic N) is 1. The molecule has 0 spiro atoms. The summed E-state index contributed by atoms with van der Waals surface area (Å²) in [4.78, 5) is 2.92. The van der Waals surface area contributed by atoms with E-state index in [4.69, 9.17) is 0 Å². The quantitative estimate of drug-likeness (QED) is 0.304. The standard InChI is InChI=1S/C34H59N/c1-11-15-30(25(6)33(8,9)10)22-31-26(7)35(23-27-16-17-27)21-20-34(31,14-4)32-24(5)28(12-2)18-19-29(32)13-3/h18-19,25-27,30-31H,11-17,20-23H2,1-10H3/t25-,26?,30?,31?,34?/m1/s1. The fourth-order valence-electron chi connectivity index (χ4n) is 7.84. The fraction of sp³-hybridized carbons (Fsp3) is 0.824. The van der Waals surface area contributed by atoms with Crippen LogP contribution in [0.3, 0.4) is 0 Å². The van der Waals surface area contributed by atoms with Gasteiger partial charge in [0.25, 0.3) is 0 Å². The maximum absolute atomic E-state index is 2.92. The van der Waals surface area contributed by atoms with Crippen molar-refractivity contribution in [2.75, 3.05) is 13.1 Å². The van der Waals surface area contributed by atoms with Crippen LogP contribution in [0.15, 0.2) is 12.1 Å². The van der Waals surface area contributed by atoms with Crippen LogP contribution in [0.5, 0.6) is 0 Å². The van der Waals surface area contributed by atoms with Gasteiger partial charge in [-0.15, -0.1) is 0 Å². The SMILES string of the molecule is CCCC(CC1C(C)N(CC2CC2)CCC1(CC)c1c(CC)ccc(CC)c1C)[C@@H](C)C(C)(C)C. The largest absolute Gasteiger partial charge is 0.300 e. The van der Waals surface area contributed by atoms with Crippen molar-refractivity contribution >= 4 is 0 Å². The smallest absolute Gasteiger partial charge is 0.0104 e. The first-order valence-electron chi connectivity index (χ1n) is 15.4. The molecule has 5 atom stereocenters. The Kier molecular flexibility index (Phi) is 9.61. The zero-order chi connectivity index (χ0) is 26.0. The Balaban J connectivity index is 2.12. The molecule has 0 amide bonds. The predicted molar refractivity (Wildman–Crippen MR) is 155 cm³/mol. The minimum absolute atomic E-state index is 0.309. The lowest BCUT2D eigenvalue weighted by molar-refractivity contribution is 0.00238. The van der Waals surface area contributed by atoms with Gasteiger partial charge in [-0.2, -0.15) is 0 Å². The lowest BCUT2D eigenvalue weighted by Crippen LogP contribution is -2.56. The number of aryl methyl sites for hydroxylation is 2. The number of hydrogen-bond acceptors (Lipinski definition) is 1. The van der Waals surface area contributed by atoms with Gasteiger partial charge < -0.3 is 4.90 Å². The maximum Gasteiger partial charge on any atom is 0.0104 e. The monoisotopic (exact) mass is 481 g/mol. The number of piperidine rings is 1. The van der Waals surface area contributed by atoms with Gasteiger partial charge in [0.05, 0.1) is 0 Å². The molecule has 1 aliphatic carbocycles. The van der Waals surface area contributed by atoms with Crippen LogP contribution >= 0.6 is 0 Å². The summed E-state index contributed by atoms with van der Waals surface area (Å²) < 4.78 is 0. The Morgan fingerprint density at radius 1 is 1.03 bits per heavy atom. The molecule has 0 bridgehead atoms. The van der Waals surface area contributed by atoms with Crippen molar-refractivity contribution in [3.05, 3.63) is 34.4 Å². The van der Waals surface area contributed by atoms with Crippen molar-refractivity contribution in [3.8, 4) is 0 Å². The van der Waals surface area contributed by atoms with Gasteiger partial charge in [-0.05, 0) is 117 Å². The maximum atomic E-state index is 2.92. The van der Waals surface area contributed by atoms with E-state index in [-0.39, 0.29) is 0 Å². The molecule has 4 unspecified atom stereocenters. The van der Waals surface area contributed by atoms with Crippen molar-refractivity contribution in [1.82, 2.24) is 4.90 Å². The third-order valence-electron chi connectivity index (χ3n) is 10.7. The third kappa shape index (κ3) is 6.02. The molecule has 1 aliphatic heterocycles. The minimum Gasteiger partial charge on any atom is -0.300 e. The van der Waals surface area contributed by atoms with Crippen LogP contribution in [0.1, 0.15) is 130 Å². The molecule has 0 aromatic heterocycles. The molecule has 35 heavy (non-hydrogen) atoms. The molecule has 2 aliphatic rings. The molecule has 200 valence electrons. The van der Waals surface area contributed by atoms with Gasteiger partial charge in [0.15, 0.2) is 0 Å². The molecule has 1 heteroatoms. The summed E-state index contributed by atoms with van der Waals surface area (Å²) in [5.41, 5.74) is 7.27. The van der Waals surface area contributed by atoms with Gasteiger partial charge in [0.2, 0.25) is 0 Å². The predicted octanol–water partition coefficient (Wildman–Crippen LogP) is 9.38. The van der Waals surface area contributed by atoms with Crippen molar-refractivity contribution in [1.29, 1.82) is 0 Å². The highest BCUT2D eigenvalue weighted by Gasteiger charge is 2.50. The first kappa shape index (κ1) is 28.7. The van der Waals surface area contributed by atoms with Crippen LogP contribution in [0, 0.1) is 36.0 Å². The zero-order valence-electron chi connectivity index (χ0n) is 25.3. The highest BCUT2D eigenvalue weighted by atomic mass is 15.2. The van der Waals surface area contributed by atoms with Gasteiger partial charge in [0, 0.05) is 18.0 Å². The average Bonchev–Trinajstić information content (AvgIpc) is 3.64. The second-order valence-electron chi connectivity index (χ2n) is 13.6. The van der Waals surface area contributed by atoms with Gasteiger partial charge >= 0.3 is 0 Å². The third-order valence-corrected chi connectivity index (χ3v) is 10.7. The summed E-state index contributed by atoms with van der Waals surface area (Å²) in [6, 6.07) is 5.60. The van der Waals surface area contributed by atoms with Crippen LogP contribution < -0.4 is 0 Å². The van der Waals surface area contributed by atoms with Crippen LogP contribution in [-0.2, 0) is 18.3 Å². The lowest BCUT2D eigenvalue weighted by Gasteiger charge is -2.55. The van der Waals surface area contributed by atoms with Crippen molar-refractivity contribution in [2.24, 2.45) is 29.1 Å². The highest BCUT2D eigenvalue weighted by Crippen LogP contribution is 2.53. The number of hydrogen-bond donors (Lipinski definition) is 0. The molecule has 3 rings (SSSR count). The highest BCUT2D eigenvalue weighted by molar-refractivity contribution is 5.46. The van der Waals surface area contributed by atoms with Crippen LogP contribution in [-0.4, -0.2) is 24.0 Å². The zero-order valence-corrected chi connectivity index (χ0v) is 25.3. The Bertz CT molecular complexity index is 813. The summed E-state index contributed by atoms with van der Waals surface area (Å²) in [5.74, 6) is 3.26. The molecule has 1 aromatic carbocycles. The van der Waals surface area contributed by atoms with Gasteiger partial charge in [-0.1, -0.05) is 80.4 Å². The van der Waals surface area contributed by atoms with E-state index in [1.807, 2.05) is 0 Å². The number of likely N-dealkylation sites (tertiary alicyclic amines) is 1. The van der Waals surface area contributed by atoms with E-state index in [9.17, 15) is 0 Å². The van der Waals surface area contributed by atoms with Crippen LogP contribution in [0.25, 0.3) is 0 Å². The summed E-state index contributed by atoms with van der Waals surface area (Å²) >= 11 is 0. The Morgan fingerprint density at radius 3 is 2.17 bits per heavy atom.